The van der Waals surface area contributed by atoms with Crippen LogP contribution in [-0.4, -0.2) is 65.3 Å². The Kier molecular flexibility index (Phi) is 16.5. The predicted octanol–water partition coefficient (Wildman–Crippen LogP) is -1.66. The van der Waals surface area contributed by atoms with Gasteiger partial charge < -0.3 is 16.4 Å². The first kappa shape index (κ1) is 25.2. The van der Waals surface area contributed by atoms with Gasteiger partial charge in [0.05, 0.1) is 4.90 Å². The Morgan fingerprint density at radius 1 is 1.06 bits per heavy atom. The maximum atomic E-state index is 11.3. The molecule has 0 saturated carbocycles. The maximum absolute atomic E-state index is 11.3. The van der Waals surface area contributed by atoms with Crippen molar-refractivity contribution in [1.29, 1.82) is 0 Å². The van der Waals surface area contributed by atoms with Gasteiger partial charge in [-0.1, -0.05) is 18.2 Å². The van der Waals surface area contributed by atoms with Crippen LogP contribution in [0.5, 0.6) is 0 Å². The molecule has 0 aliphatic rings. The molecule has 1 aromatic carbocycles. The molecule has 0 spiro atoms. The van der Waals surface area contributed by atoms with E-state index < -0.39 is 10.0 Å². The van der Waals surface area contributed by atoms with Crippen molar-refractivity contribution < 1.29 is 24.8 Å². The van der Waals surface area contributed by atoms with Gasteiger partial charge in [-0.25, -0.2) is 8.42 Å². The Morgan fingerprint density at radius 2 is 1.44 bits per heavy atom. The van der Waals surface area contributed by atoms with E-state index in [9.17, 15) is 8.42 Å². The van der Waals surface area contributed by atoms with Crippen LogP contribution in [0.25, 0.3) is 0 Å². The van der Waals surface area contributed by atoms with Gasteiger partial charge in [0.1, 0.15) is 0 Å². The monoisotopic (exact) mass is 283 g/mol. The molecule has 16 heavy (non-hydrogen) atoms. The number of nitrogens with zero attached hydrogens (tertiary/aromatic N) is 1. The van der Waals surface area contributed by atoms with Crippen molar-refractivity contribution in [2.24, 2.45) is 0 Å². The fourth-order valence-corrected chi connectivity index (χ4v) is 1.77. The molecule has 0 amide bonds. The molecule has 0 saturated heterocycles. The van der Waals surface area contributed by atoms with E-state index in [2.05, 4.69) is 0 Å². The normalized spacial score (nSPS) is 8.94. The fourth-order valence-electron chi connectivity index (χ4n) is 0.738. The summed E-state index contributed by atoms with van der Waals surface area (Å²) in [5, 5.41) is 0. The molecular weight excluding hydrogens is 269 g/mol. The second-order valence-corrected chi connectivity index (χ2v) is 4.89. The molecule has 0 aliphatic heterocycles. The van der Waals surface area contributed by atoms with Crippen LogP contribution in [0, 0.1) is 0 Å². The Balaban J connectivity index is -0.000000180. The number of hydrogen-bond donors (Lipinski definition) is 0. The number of rotatable bonds is 2. The van der Waals surface area contributed by atoms with E-state index in [0.717, 1.165) is 0 Å². The summed E-state index contributed by atoms with van der Waals surface area (Å²) in [5.74, 6) is 0. The summed E-state index contributed by atoms with van der Waals surface area (Å²) in [6.45, 7) is 0. The summed E-state index contributed by atoms with van der Waals surface area (Å²) >= 11 is 5.35. The Hall–Kier alpha value is 0.300. The molecule has 0 heterocycles. The first-order valence-corrected chi connectivity index (χ1v) is 5.03. The zero-order chi connectivity index (χ0) is 9.19. The summed E-state index contributed by atoms with van der Waals surface area (Å²) in [6.07, 6.45) is 0. The van der Waals surface area contributed by atoms with Crippen molar-refractivity contribution in [2.75, 3.05) is 7.05 Å². The second-order valence-electron chi connectivity index (χ2n) is 2.21. The molecule has 6 N–H and O–H groups in total. The molecule has 0 unspecified atom stereocenters. The van der Waals surface area contributed by atoms with Crippen molar-refractivity contribution in [3.63, 3.8) is 0 Å². The molecule has 0 radical (unpaired) electrons. The third-order valence-corrected chi connectivity index (χ3v) is 3.45. The molecular formula is C7H15ClNNaO5S. The van der Waals surface area contributed by atoms with Crippen LogP contribution in [0.3, 0.4) is 0 Å². The third-order valence-electron chi connectivity index (χ3n) is 1.37. The van der Waals surface area contributed by atoms with E-state index in [1.807, 2.05) is 0 Å². The van der Waals surface area contributed by atoms with Crippen LogP contribution >= 0.6 is 11.8 Å². The summed E-state index contributed by atoms with van der Waals surface area (Å²) in [6, 6.07) is 8.02. The number of hydrogen-bond acceptors (Lipinski definition) is 2. The summed E-state index contributed by atoms with van der Waals surface area (Å²) in [7, 11) is -2.20. The van der Waals surface area contributed by atoms with E-state index >= 15 is 0 Å². The first-order chi connectivity index (χ1) is 5.55. The molecule has 9 heteroatoms. The van der Waals surface area contributed by atoms with Crippen molar-refractivity contribution in [3.05, 3.63) is 30.3 Å². The quantitative estimate of drug-likeness (QED) is 0.475. The molecule has 1 rings (SSSR count). The number of sulfonamides is 1. The van der Waals surface area contributed by atoms with Crippen LogP contribution < -0.4 is 0 Å². The van der Waals surface area contributed by atoms with Gasteiger partial charge in [-0.15, -0.1) is 3.82 Å². The van der Waals surface area contributed by atoms with Gasteiger partial charge in [0.15, 0.2) is 0 Å². The SMILES string of the molecule is CN(Cl)S(=O)(=O)c1ccccc1.O.O.O.[NaH]. The number of benzene rings is 1. The minimum absolute atomic E-state index is 0. The molecule has 6 nitrogen and oxygen atoms in total. The van der Waals surface area contributed by atoms with Gasteiger partial charge in [0.25, 0.3) is 10.0 Å². The summed E-state index contributed by atoms with van der Waals surface area (Å²) < 4.78 is 23.3. The van der Waals surface area contributed by atoms with Crippen molar-refractivity contribution in [3.8, 4) is 0 Å². The van der Waals surface area contributed by atoms with E-state index in [0.29, 0.717) is 3.82 Å². The molecule has 1 aromatic rings. The van der Waals surface area contributed by atoms with Crippen LogP contribution in [0.2, 0.25) is 0 Å². The average Bonchev–Trinajstić information content (AvgIpc) is 2.06. The minimum atomic E-state index is -3.48. The van der Waals surface area contributed by atoms with E-state index in [-0.39, 0.29) is 50.9 Å². The fraction of sp³-hybridized carbons (Fsp3) is 0.143. The van der Waals surface area contributed by atoms with Crippen molar-refractivity contribution in [2.45, 2.75) is 4.90 Å². The van der Waals surface area contributed by atoms with Crippen LogP contribution in [-0.2, 0) is 10.0 Å². The molecule has 0 aromatic heterocycles. The van der Waals surface area contributed by atoms with Gasteiger partial charge in [-0.05, 0) is 23.9 Å². The van der Waals surface area contributed by atoms with Crippen LogP contribution in [0.1, 0.15) is 0 Å². The van der Waals surface area contributed by atoms with E-state index in [1.54, 1.807) is 18.2 Å². The summed E-state index contributed by atoms with van der Waals surface area (Å²) in [5.41, 5.74) is 0. The van der Waals surface area contributed by atoms with Gasteiger partial charge in [-0.2, -0.15) is 0 Å². The van der Waals surface area contributed by atoms with E-state index in [4.69, 9.17) is 11.8 Å². The van der Waals surface area contributed by atoms with Gasteiger partial charge in [-0.3, -0.25) is 0 Å². The zero-order valence-electron chi connectivity index (χ0n) is 7.94. The zero-order valence-corrected chi connectivity index (χ0v) is 9.51. The van der Waals surface area contributed by atoms with Crippen LogP contribution in [0.4, 0.5) is 0 Å². The molecule has 0 fully saturated rings. The van der Waals surface area contributed by atoms with Crippen molar-refractivity contribution >= 4 is 51.4 Å². The predicted molar refractivity (Wildman–Crippen MR) is 65.2 cm³/mol. The Morgan fingerprint density at radius 3 is 1.75 bits per heavy atom. The van der Waals surface area contributed by atoms with E-state index in [1.165, 1.54) is 19.2 Å². The average molecular weight is 284 g/mol. The van der Waals surface area contributed by atoms with Gasteiger partial charge in [0.2, 0.25) is 0 Å². The second kappa shape index (κ2) is 10.5. The Labute approximate surface area is 122 Å². The standard InChI is InChI=1S/C7H8ClNO2S.Na.3H2O.H/c1-9(8)12(10,11)7-5-3-2-4-6-7;;;;;/h2-6H,1H3;;3*1H2;. The molecule has 0 bridgehead atoms. The molecule has 92 valence electrons. The third kappa shape index (κ3) is 6.14. The Bertz CT molecular complexity index is 358. The molecule has 0 atom stereocenters. The summed E-state index contributed by atoms with van der Waals surface area (Å²) in [4.78, 5) is 0.197. The molecule has 0 aliphatic carbocycles. The topological polar surface area (TPSA) is 132 Å². The van der Waals surface area contributed by atoms with Gasteiger partial charge in [0, 0.05) is 7.05 Å². The van der Waals surface area contributed by atoms with Crippen LogP contribution in [0.15, 0.2) is 35.2 Å². The van der Waals surface area contributed by atoms with Gasteiger partial charge >= 0.3 is 29.6 Å². The number of halogens is 1. The first-order valence-electron chi connectivity index (χ1n) is 3.25. The van der Waals surface area contributed by atoms with Crippen molar-refractivity contribution in [1.82, 2.24) is 3.82 Å².